The number of fused-ring (bicyclic) bond motifs is 5. The average Bonchev–Trinajstić information content (AvgIpc) is 3.28. The van der Waals surface area contributed by atoms with Gasteiger partial charge in [-0.15, -0.1) is 0 Å². The monoisotopic (exact) mass is 476 g/mol. The summed E-state index contributed by atoms with van der Waals surface area (Å²) in [5.41, 5.74) is 3.82. The topological polar surface area (TPSA) is 125 Å². The van der Waals surface area contributed by atoms with E-state index in [-0.39, 0.29) is 35.7 Å². The SMILES string of the molecule is CC12CC[C@H]3[C@@H](CCC4(O)C[C@H](O)CCC34C=NCC(N)=S)C1(O)CCC2C1=CC(=O)OC1. The molecule has 0 aromatic carbocycles. The number of rotatable bonds is 4. The first-order valence-corrected chi connectivity index (χ1v) is 12.7. The molecule has 4 saturated carbocycles. The minimum absolute atomic E-state index is 0.0201. The Morgan fingerprint density at radius 3 is 2.67 bits per heavy atom. The van der Waals surface area contributed by atoms with Gasteiger partial charge in [0.15, 0.2) is 0 Å². The zero-order valence-electron chi connectivity index (χ0n) is 19.3. The number of carbonyl (C=O) groups is 1. The molecule has 33 heavy (non-hydrogen) atoms. The maximum atomic E-state index is 12.3. The Morgan fingerprint density at radius 1 is 1.21 bits per heavy atom. The van der Waals surface area contributed by atoms with Gasteiger partial charge in [-0.1, -0.05) is 19.1 Å². The molecule has 5 unspecified atom stereocenters. The van der Waals surface area contributed by atoms with Gasteiger partial charge < -0.3 is 25.8 Å². The molecular formula is C25H36N2O5S. The second-order valence-electron chi connectivity index (χ2n) is 11.5. The molecule has 8 heteroatoms. The number of aliphatic hydroxyl groups is 3. The lowest BCUT2D eigenvalue weighted by Crippen LogP contribution is -2.68. The lowest BCUT2D eigenvalue weighted by atomic mass is 9.41. The highest BCUT2D eigenvalue weighted by Gasteiger charge is 2.71. The van der Waals surface area contributed by atoms with E-state index in [9.17, 15) is 20.1 Å². The van der Waals surface area contributed by atoms with Crippen LogP contribution in [0, 0.1) is 28.6 Å². The largest absolute Gasteiger partial charge is 0.458 e. The van der Waals surface area contributed by atoms with Gasteiger partial charge in [0, 0.05) is 29.5 Å². The molecule has 0 amide bonds. The second-order valence-corrected chi connectivity index (χ2v) is 12.0. The molecule has 5 aliphatic rings. The number of hydrogen-bond donors (Lipinski definition) is 4. The quantitative estimate of drug-likeness (QED) is 0.278. The van der Waals surface area contributed by atoms with Gasteiger partial charge >= 0.3 is 5.97 Å². The van der Waals surface area contributed by atoms with Crippen LogP contribution in [0.15, 0.2) is 16.6 Å². The Labute approximate surface area is 200 Å². The van der Waals surface area contributed by atoms with Crippen LogP contribution in [0.25, 0.3) is 0 Å². The van der Waals surface area contributed by atoms with E-state index in [2.05, 4.69) is 11.9 Å². The van der Waals surface area contributed by atoms with Crippen molar-refractivity contribution in [3.63, 3.8) is 0 Å². The highest BCUT2D eigenvalue weighted by Crippen LogP contribution is 2.70. The van der Waals surface area contributed by atoms with Crippen molar-refractivity contribution in [2.75, 3.05) is 13.2 Å². The summed E-state index contributed by atoms with van der Waals surface area (Å²) < 4.78 is 5.21. The number of cyclic esters (lactones) is 1. The number of carbonyl (C=O) groups excluding carboxylic acids is 1. The maximum Gasteiger partial charge on any atom is 0.331 e. The summed E-state index contributed by atoms with van der Waals surface area (Å²) in [5, 5.41) is 34.7. The third kappa shape index (κ3) is 3.27. The van der Waals surface area contributed by atoms with E-state index < -0.39 is 22.7 Å². The zero-order chi connectivity index (χ0) is 23.6. The molecule has 4 fully saturated rings. The number of nitrogens with zero attached hydrogens (tertiary/aromatic N) is 1. The van der Waals surface area contributed by atoms with E-state index in [4.69, 9.17) is 22.7 Å². The van der Waals surface area contributed by atoms with Crippen LogP contribution < -0.4 is 5.73 Å². The number of nitrogens with two attached hydrogens (primary N) is 1. The van der Waals surface area contributed by atoms with Crippen LogP contribution in [0.2, 0.25) is 0 Å². The minimum Gasteiger partial charge on any atom is -0.458 e. The van der Waals surface area contributed by atoms with Crippen molar-refractivity contribution >= 4 is 29.4 Å². The molecule has 0 aromatic rings. The fourth-order valence-corrected chi connectivity index (χ4v) is 8.73. The van der Waals surface area contributed by atoms with Gasteiger partial charge in [-0.25, -0.2) is 4.79 Å². The van der Waals surface area contributed by atoms with Gasteiger partial charge in [0.2, 0.25) is 0 Å². The zero-order valence-corrected chi connectivity index (χ0v) is 20.1. The average molecular weight is 477 g/mol. The molecule has 0 aromatic heterocycles. The molecule has 1 aliphatic heterocycles. The van der Waals surface area contributed by atoms with Crippen molar-refractivity contribution in [1.29, 1.82) is 0 Å². The molecule has 0 radical (unpaired) electrons. The predicted molar refractivity (Wildman–Crippen MR) is 128 cm³/mol. The number of esters is 1. The van der Waals surface area contributed by atoms with E-state index in [1.54, 1.807) is 6.08 Å². The summed E-state index contributed by atoms with van der Waals surface area (Å²) in [7, 11) is 0. The van der Waals surface area contributed by atoms with Crippen LogP contribution in [-0.2, 0) is 9.53 Å². The van der Waals surface area contributed by atoms with Crippen LogP contribution in [0.5, 0.6) is 0 Å². The number of hydrogen-bond acceptors (Lipinski definition) is 7. The third-order valence-corrected chi connectivity index (χ3v) is 10.3. The fourth-order valence-electron chi connectivity index (χ4n) is 8.66. The van der Waals surface area contributed by atoms with E-state index in [1.807, 2.05) is 6.21 Å². The van der Waals surface area contributed by atoms with Gasteiger partial charge in [0.1, 0.15) is 6.61 Å². The molecule has 7 nitrogen and oxygen atoms in total. The molecule has 4 aliphatic carbocycles. The molecule has 0 bridgehead atoms. The van der Waals surface area contributed by atoms with E-state index in [0.29, 0.717) is 50.1 Å². The Bertz CT molecular complexity index is 922. The number of aliphatic imine (C=N–C) groups is 1. The van der Waals surface area contributed by atoms with Crippen LogP contribution in [0.3, 0.4) is 0 Å². The van der Waals surface area contributed by atoms with Gasteiger partial charge in [0.05, 0.1) is 28.8 Å². The summed E-state index contributed by atoms with van der Waals surface area (Å²) in [6.45, 7) is 2.75. The lowest BCUT2D eigenvalue weighted by molar-refractivity contribution is -0.237. The minimum atomic E-state index is -1.05. The Morgan fingerprint density at radius 2 is 1.97 bits per heavy atom. The van der Waals surface area contributed by atoms with Gasteiger partial charge in [-0.3, -0.25) is 4.99 Å². The van der Waals surface area contributed by atoms with Gasteiger partial charge in [-0.2, -0.15) is 0 Å². The molecule has 1 heterocycles. The number of aliphatic hydroxyl groups excluding tert-OH is 1. The van der Waals surface area contributed by atoms with Crippen LogP contribution in [0.1, 0.15) is 64.7 Å². The van der Waals surface area contributed by atoms with Crippen molar-refractivity contribution < 1.29 is 24.9 Å². The predicted octanol–water partition coefficient (Wildman–Crippen LogP) is 2.06. The van der Waals surface area contributed by atoms with Crippen LogP contribution in [-0.4, -0.2) is 62.9 Å². The van der Waals surface area contributed by atoms with E-state index in [0.717, 1.165) is 24.8 Å². The van der Waals surface area contributed by atoms with E-state index >= 15 is 0 Å². The van der Waals surface area contributed by atoms with Crippen molar-refractivity contribution in [3.8, 4) is 0 Å². The number of thiocarbonyl (C=S) groups is 1. The first kappa shape index (κ1) is 23.4. The van der Waals surface area contributed by atoms with Crippen molar-refractivity contribution in [2.45, 2.75) is 82.0 Å². The molecule has 8 atom stereocenters. The van der Waals surface area contributed by atoms with Crippen LogP contribution >= 0.6 is 12.2 Å². The molecule has 182 valence electrons. The molecule has 0 spiro atoms. The molecule has 0 saturated heterocycles. The first-order chi connectivity index (χ1) is 15.5. The van der Waals surface area contributed by atoms with Gasteiger partial charge in [-0.05, 0) is 74.7 Å². The van der Waals surface area contributed by atoms with Crippen LogP contribution in [0.4, 0.5) is 0 Å². The Kier molecular flexibility index (Phi) is 5.55. The maximum absolute atomic E-state index is 12.3. The van der Waals surface area contributed by atoms with Crippen molar-refractivity contribution in [1.82, 2.24) is 0 Å². The molecule has 5 N–H and O–H groups in total. The second kappa shape index (κ2) is 7.83. The summed E-state index contributed by atoms with van der Waals surface area (Å²) >= 11 is 5.02. The van der Waals surface area contributed by atoms with Gasteiger partial charge in [0.25, 0.3) is 0 Å². The smallest absolute Gasteiger partial charge is 0.331 e. The normalized spacial score (nSPS) is 49.2. The Balaban J connectivity index is 1.52. The summed E-state index contributed by atoms with van der Waals surface area (Å²) in [6, 6.07) is 0. The summed E-state index contributed by atoms with van der Waals surface area (Å²) in [5.74, 6) is -0.0740. The van der Waals surface area contributed by atoms with Crippen molar-refractivity contribution in [3.05, 3.63) is 11.6 Å². The summed E-state index contributed by atoms with van der Waals surface area (Å²) in [4.78, 5) is 16.6. The molecule has 5 rings (SSSR count). The standard InChI is InChI=1S/C25H36N2O5S/c1-22-6-3-18-19(25(22,31)9-5-17(22)15-10-21(29)32-13-15)4-8-24(30)11-16(28)2-7-23(18,24)14-27-12-20(26)33/h10,14,16-19,28,30-31H,2-9,11-13H2,1H3,(H2,26,33)/t16-,17?,18+,19-,22?,23?,24?,25?/m1/s1. The number of ether oxygens (including phenoxy) is 1. The molecular weight excluding hydrogens is 440 g/mol. The highest BCUT2D eigenvalue weighted by atomic mass is 32.1. The highest BCUT2D eigenvalue weighted by molar-refractivity contribution is 7.80. The first-order valence-electron chi connectivity index (χ1n) is 12.3. The van der Waals surface area contributed by atoms with E-state index in [1.165, 1.54) is 0 Å². The third-order valence-electron chi connectivity index (χ3n) is 10.2. The summed E-state index contributed by atoms with van der Waals surface area (Å²) in [6.07, 6.45) is 8.99. The Hall–Kier alpha value is -1.35. The lowest BCUT2D eigenvalue weighted by Gasteiger charge is -2.65. The fraction of sp³-hybridized carbons (Fsp3) is 0.800. The van der Waals surface area contributed by atoms with Crippen molar-refractivity contribution in [2.24, 2.45) is 39.3 Å².